The van der Waals surface area contributed by atoms with Gasteiger partial charge in [-0.15, -0.1) is 0 Å². The second-order valence-corrected chi connectivity index (χ2v) is 8.12. The molecule has 0 saturated carbocycles. The van der Waals surface area contributed by atoms with Gasteiger partial charge in [-0.1, -0.05) is 18.2 Å². The van der Waals surface area contributed by atoms with Crippen LogP contribution in [0.3, 0.4) is 0 Å². The van der Waals surface area contributed by atoms with Gasteiger partial charge in [0, 0.05) is 29.1 Å². The highest BCUT2D eigenvalue weighted by molar-refractivity contribution is 5.95. The van der Waals surface area contributed by atoms with Crippen molar-refractivity contribution in [2.45, 2.75) is 18.9 Å². The van der Waals surface area contributed by atoms with Crippen molar-refractivity contribution in [3.63, 3.8) is 0 Å². The minimum Gasteiger partial charge on any atom is -0.495 e. The predicted molar refractivity (Wildman–Crippen MR) is 129 cm³/mol. The molecule has 4 aromatic rings. The van der Waals surface area contributed by atoms with Gasteiger partial charge in [-0.3, -0.25) is 9.78 Å². The van der Waals surface area contributed by atoms with Gasteiger partial charge in [0.2, 0.25) is 0 Å². The second-order valence-electron chi connectivity index (χ2n) is 8.12. The maximum Gasteiger partial charge on any atom is 0.251 e. The highest BCUT2D eigenvalue weighted by Gasteiger charge is 2.18. The Kier molecular flexibility index (Phi) is 5.91. The smallest absolute Gasteiger partial charge is 0.251 e. The number of para-hydroxylation sites is 1. The molecule has 0 aliphatic carbocycles. The van der Waals surface area contributed by atoms with Crippen molar-refractivity contribution in [3.05, 3.63) is 66.5 Å². The first-order valence-corrected chi connectivity index (χ1v) is 11.1. The lowest BCUT2D eigenvalue weighted by Gasteiger charge is -2.24. The third-order valence-corrected chi connectivity index (χ3v) is 5.80. The topological polar surface area (TPSA) is 104 Å². The zero-order chi connectivity index (χ0) is 22.6. The number of carbonyl (C=O) groups is 1. The lowest BCUT2D eigenvalue weighted by molar-refractivity contribution is 0.0930. The van der Waals surface area contributed by atoms with Crippen molar-refractivity contribution in [2.24, 2.45) is 0 Å². The lowest BCUT2D eigenvalue weighted by atomic mass is 10.1. The number of nitrogens with one attached hydrogen (secondary N) is 4. The highest BCUT2D eigenvalue weighted by atomic mass is 16.5. The molecule has 2 aromatic heterocycles. The minimum absolute atomic E-state index is 0.103. The first-order valence-electron chi connectivity index (χ1n) is 11.1. The molecule has 1 aliphatic heterocycles. The molecule has 1 atom stereocenters. The van der Waals surface area contributed by atoms with Gasteiger partial charge in [0.1, 0.15) is 17.3 Å². The molecule has 1 aliphatic rings. The van der Waals surface area contributed by atoms with E-state index in [2.05, 4.69) is 38.1 Å². The Morgan fingerprint density at radius 3 is 2.88 bits per heavy atom. The number of carbonyl (C=O) groups excluding carboxylic acids is 1. The van der Waals surface area contributed by atoms with Gasteiger partial charge in [-0.25, -0.2) is 4.98 Å². The number of methoxy groups -OCH3 is 1. The number of aromatic nitrogens is 3. The van der Waals surface area contributed by atoms with Crippen LogP contribution in [0.2, 0.25) is 0 Å². The molecule has 168 valence electrons. The molecule has 1 fully saturated rings. The molecule has 5 rings (SSSR count). The third-order valence-electron chi connectivity index (χ3n) is 5.80. The van der Waals surface area contributed by atoms with Crippen molar-refractivity contribution in [2.75, 3.05) is 25.5 Å². The van der Waals surface area contributed by atoms with E-state index < -0.39 is 0 Å². The number of hydrogen-bond donors (Lipinski definition) is 4. The fraction of sp³-hybridized carbons (Fsp3) is 0.240. The largest absolute Gasteiger partial charge is 0.495 e. The molecule has 0 radical (unpaired) electrons. The summed E-state index contributed by atoms with van der Waals surface area (Å²) in [5, 5.41) is 10.8. The number of ether oxygens (including phenoxy) is 1. The number of benzene rings is 2. The number of fused-ring (bicyclic) bond motifs is 1. The Balaban J connectivity index is 1.34. The minimum atomic E-state index is -0.103. The van der Waals surface area contributed by atoms with Crippen LogP contribution in [0.25, 0.3) is 22.3 Å². The fourth-order valence-electron chi connectivity index (χ4n) is 4.08. The van der Waals surface area contributed by atoms with E-state index in [-0.39, 0.29) is 11.9 Å². The first kappa shape index (κ1) is 21.0. The number of H-pyrrole nitrogens is 1. The summed E-state index contributed by atoms with van der Waals surface area (Å²) in [6.45, 7) is 1.80. The lowest BCUT2D eigenvalue weighted by Crippen LogP contribution is -2.45. The number of amides is 1. The summed E-state index contributed by atoms with van der Waals surface area (Å²) < 4.78 is 5.54. The van der Waals surface area contributed by atoms with Crippen LogP contribution in [0, 0.1) is 0 Å². The zero-order valence-corrected chi connectivity index (χ0v) is 18.4. The van der Waals surface area contributed by atoms with Gasteiger partial charge in [0.15, 0.2) is 0 Å². The quantitative estimate of drug-likeness (QED) is 0.362. The molecule has 8 nitrogen and oxygen atoms in total. The molecular weight excluding hydrogens is 416 g/mol. The van der Waals surface area contributed by atoms with Crippen LogP contribution in [0.15, 0.2) is 60.9 Å². The molecule has 1 saturated heterocycles. The van der Waals surface area contributed by atoms with E-state index in [0.717, 1.165) is 48.2 Å². The summed E-state index contributed by atoms with van der Waals surface area (Å²) in [5.41, 5.74) is 3.93. The van der Waals surface area contributed by atoms with Crippen LogP contribution in [0.4, 0.5) is 11.5 Å². The molecular formula is C25H26N6O2. The summed E-state index contributed by atoms with van der Waals surface area (Å²) in [5.74, 6) is 1.03. The Morgan fingerprint density at radius 2 is 2.06 bits per heavy atom. The van der Waals surface area contributed by atoms with Crippen molar-refractivity contribution >= 4 is 28.3 Å². The second kappa shape index (κ2) is 9.30. The van der Waals surface area contributed by atoms with E-state index in [1.165, 1.54) is 0 Å². The van der Waals surface area contributed by atoms with Crippen LogP contribution in [0.1, 0.15) is 23.2 Å². The van der Waals surface area contributed by atoms with E-state index in [9.17, 15) is 4.79 Å². The monoisotopic (exact) mass is 442 g/mol. The summed E-state index contributed by atoms with van der Waals surface area (Å²) in [7, 11) is 1.58. The molecule has 2 aromatic carbocycles. The summed E-state index contributed by atoms with van der Waals surface area (Å²) in [6, 6.07) is 15.6. The molecule has 3 heterocycles. The molecule has 0 spiro atoms. The van der Waals surface area contributed by atoms with Crippen molar-refractivity contribution in [1.29, 1.82) is 0 Å². The number of hydrogen-bond acceptors (Lipinski definition) is 6. The van der Waals surface area contributed by atoms with Crippen LogP contribution < -0.4 is 20.7 Å². The average Bonchev–Trinajstić information content (AvgIpc) is 3.29. The summed E-state index contributed by atoms with van der Waals surface area (Å²) in [4.78, 5) is 25.1. The highest BCUT2D eigenvalue weighted by Crippen LogP contribution is 2.29. The Morgan fingerprint density at radius 1 is 1.15 bits per heavy atom. The maximum atomic E-state index is 12.7. The van der Waals surface area contributed by atoms with Crippen molar-refractivity contribution in [3.8, 4) is 17.1 Å². The standard InChI is InChI=1S/C25H26N6O2/c1-33-23-12-17(25(32)28-18-6-4-10-26-13-18)8-9-20(23)30-24-15-27-14-22(31-24)21-11-16-5-2-3-7-19(16)29-21/h2-3,5,7-9,11-12,14-15,18,26,29H,4,6,10,13H2,1H3,(H,28,32)(H,30,31). The molecule has 1 unspecified atom stereocenters. The van der Waals surface area contributed by atoms with E-state index in [1.54, 1.807) is 31.6 Å². The number of nitrogens with zero attached hydrogens (tertiary/aromatic N) is 2. The van der Waals surface area contributed by atoms with Crippen LogP contribution in [-0.4, -0.2) is 47.1 Å². The number of aromatic amines is 1. The maximum absolute atomic E-state index is 12.7. The average molecular weight is 443 g/mol. The van der Waals surface area contributed by atoms with Crippen LogP contribution in [-0.2, 0) is 0 Å². The first-order chi connectivity index (χ1) is 16.2. The number of rotatable bonds is 6. The van der Waals surface area contributed by atoms with Gasteiger partial charge in [-0.05, 0) is 49.7 Å². The van der Waals surface area contributed by atoms with E-state index in [1.807, 2.05) is 24.3 Å². The van der Waals surface area contributed by atoms with Gasteiger partial charge in [0.05, 0.1) is 30.9 Å². The Labute approximate surface area is 191 Å². The van der Waals surface area contributed by atoms with Gasteiger partial charge in [0.25, 0.3) is 5.91 Å². The fourth-order valence-corrected chi connectivity index (χ4v) is 4.08. The molecule has 8 heteroatoms. The zero-order valence-electron chi connectivity index (χ0n) is 18.4. The van der Waals surface area contributed by atoms with Crippen LogP contribution >= 0.6 is 0 Å². The van der Waals surface area contributed by atoms with Gasteiger partial charge < -0.3 is 25.7 Å². The van der Waals surface area contributed by atoms with Gasteiger partial charge in [-0.2, -0.15) is 0 Å². The predicted octanol–water partition coefficient (Wildman–Crippen LogP) is 3.86. The van der Waals surface area contributed by atoms with Gasteiger partial charge >= 0.3 is 0 Å². The molecule has 1 amide bonds. The molecule has 0 bridgehead atoms. The number of piperidine rings is 1. The van der Waals surface area contributed by atoms with E-state index >= 15 is 0 Å². The SMILES string of the molecule is COc1cc(C(=O)NC2CCCNC2)ccc1Nc1cncc(-c2cc3ccccc3[nH]2)n1. The van der Waals surface area contributed by atoms with Crippen molar-refractivity contribution < 1.29 is 9.53 Å². The molecule has 4 N–H and O–H groups in total. The third kappa shape index (κ3) is 4.65. The van der Waals surface area contributed by atoms with E-state index in [4.69, 9.17) is 9.72 Å². The van der Waals surface area contributed by atoms with Crippen molar-refractivity contribution in [1.82, 2.24) is 25.6 Å². The van der Waals surface area contributed by atoms with E-state index in [0.29, 0.717) is 22.8 Å². The Bertz CT molecular complexity index is 1250. The molecule has 33 heavy (non-hydrogen) atoms. The Hall–Kier alpha value is -3.91. The van der Waals surface area contributed by atoms with Crippen LogP contribution in [0.5, 0.6) is 5.75 Å². The summed E-state index contributed by atoms with van der Waals surface area (Å²) >= 11 is 0. The normalized spacial score (nSPS) is 15.8. The summed E-state index contributed by atoms with van der Waals surface area (Å²) in [6.07, 6.45) is 5.43. The number of anilines is 2.